The normalized spacial score (nSPS) is 16.7. The molecule has 3 rings (SSSR count). The van der Waals surface area contributed by atoms with Crippen molar-refractivity contribution in [2.24, 2.45) is 0 Å². The molecule has 0 spiro atoms. The summed E-state index contributed by atoms with van der Waals surface area (Å²) in [4.78, 5) is 24.2. The van der Waals surface area contributed by atoms with E-state index in [4.69, 9.17) is 14.2 Å². The third-order valence-electron chi connectivity index (χ3n) is 5.06. The number of ether oxygens (including phenoxy) is 3. The Morgan fingerprint density at radius 3 is 2.54 bits per heavy atom. The Balaban J connectivity index is 0.00000306. The van der Waals surface area contributed by atoms with Gasteiger partial charge in [0, 0.05) is 19.2 Å². The second kappa shape index (κ2) is 12.2. The summed E-state index contributed by atoms with van der Waals surface area (Å²) >= 11 is 0. The van der Waals surface area contributed by atoms with Crippen molar-refractivity contribution in [1.29, 1.82) is 0 Å². The molecule has 1 aromatic carbocycles. The maximum atomic E-state index is 14.7. The maximum absolute atomic E-state index is 14.7. The van der Waals surface area contributed by atoms with E-state index >= 15 is 0 Å². The highest BCUT2D eigenvalue weighted by molar-refractivity contribution is 5.91. The van der Waals surface area contributed by atoms with Gasteiger partial charge >= 0.3 is 17.8 Å². The molecule has 1 aliphatic heterocycles. The molecule has 1 unspecified atom stereocenters. The first-order chi connectivity index (χ1) is 15.5. The molecule has 1 saturated heterocycles. The number of carboxylic acids is 1. The summed E-state index contributed by atoms with van der Waals surface area (Å²) in [5.74, 6) is -3.48. The molecule has 0 amide bonds. The van der Waals surface area contributed by atoms with Crippen LogP contribution in [0.2, 0.25) is 0 Å². The number of halogens is 4. The minimum atomic E-state index is -4.79. The lowest BCUT2D eigenvalue weighted by Gasteiger charge is -2.22. The van der Waals surface area contributed by atoms with E-state index in [1.54, 1.807) is 6.92 Å². The average molecular weight is 509 g/mol. The van der Waals surface area contributed by atoms with Gasteiger partial charge in [0.2, 0.25) is 0 Å². The highest BCUT2D eigenvalue weighted by atomic mass is 19.4. The van der Waals surface area contributed by atoms with E-state index in [9.17, 15) is 32.3 Å². The fourth-order valence-electron chi connectivity index (χ4n) is 3.26. The molecule has 2 aromatic rings. The van der Waals surface area contributed by atoms with Gasteiger partial charge in [0.25, 0.3) is 0 Å². The Morgan fingerprint density at radius 2 is 2.00 bits per heavy atom. The van der Waals surface area contributed by atoms with Gasteiger partial charge in [0.05, 0.1) is 0 Å². The fraction of sp³-hybridized carbons (Fsp3) is 0.591. The van der Waals surface area contributed by atoms with Crippen LogP contribution in [0.25, 0.3) is 5.69 Å². The quantitative estimate of drug-likeness (QED) is 0.521. The molecular weight excluding hydrogens is 478 g/mol. The van der Waals surface area contributed by atoms with Gasteiger partial charge in [0.1, 0.15) is 29.4 Å². The number of benzene rings is 1. The summed E-state index contributed by atoms with van der Waals surface area (Å²) in [5, 5.41) is 13.3. The minimum absolute atomic E-state index is 0. The van der Waals surface area contributed by atoms with Crippen molar-refractivity contribution >= 4 is 5.97 Å². The Hall–Kier alpha value is -2.93. The number of hydrogen-bond acceptors (Lipinski definition) is 6. The fourth-order valence-corrected chi connectivity index (χ4v) is 3.26. The van der Waals surface area contributed by atoms with Crippen molar-refractivity contribution in [3.63, 3.8) is 0 Å². The van der Waals surface area contributed by atoms with Gasteiger partial charge in [-0.15, -0.1) is 5.10 Å². The molecule has 0 bridgehead atoms. The molecule has 9 nitrogen and oxygen atoms in total. The third kappa shape index (κ3) is 6.82. The largest absolute Gasteiger partial charge is 0.480 e. The van der Waals surface area contributed by atoms with Gasteiger partial charge in [-0.3, -0.25) is 4.57 Å². The molecule has 1 aliphatic rings. The standard InChI is InChI=1S/C20H23F4N3O6.2CH4/c1-3-26-16(10-32-17-6-4-5-7-31-17)25-27(19(26)30)14-9-15(33-11(2)20(22,23)24)12(18(28)29)8-13(14)21;;/h8-9,11,17H,3-7,10H2,1-2H3,(H,28,29);2*1H4/t11-,17?;;/m0../s1. The summed E-state index contributed by atoms with van der Waals surface area (Å²) in [6.45, 7) is 2.91. The molecule has 0 radical (unpaired) electrons. The van der Waals surface area contributed by atoms with Gasteiger partial charge in [-0.1, -0.05) is 14.9 Å². The monoisotopic (exact) mass is 509 g/mol. The Kier molecular flexibility index (Phi) is 10.5. The number of aromatic nitrogens is 3. The predicted octanol–water partition coefficient (Wildman–Crippen LogP) is 4.54. The van der Waals surface area contributed by atoms with Crippen molar-refractivity contribution < 1.29 is 41.7 Å². The molecule has 0 aliphatic carbocycles. The molecule has 13 heteroatoms. The van der Waals surface area contributed by atoms with Gasteiger partial charge in [-0.2, -0.15) is 17.9 Å². The van der Waals surface area contributed by atoms with Crippen molar-refractivity contribution in [3.05, 3.63) is 39.8 Å². The molecule has 1 aromatic heterocycles. The van der Waals surface area contributed by atoms with Gasteiger partial charge < -0.3 is 19.3 Å². The topological polar surface area (TPSA) is 105 Å². The van der Waals surface area contributed by atoms with Crippen LogP contribution in [0.1, 0.15) is 64.1 Å². The Morgan fingerprint density at radius 1 is 1.31 bits per heavy atom. The molecule has 2 heterocycles. The Bertz CT molecular complexity index is 1060. The molecule has 35 heavy (non-hydrogen) atoms. The molecule has 1 N–H and O–H groups in total. The lowest BCUT2D eigenvalue weighted by Crippen LogP contribution is -2.32. The first-order valence-electron chi connectivity index (χ1n) is 10.3. The van der Waals surface area contributed by atoms with Crippen molar-refractivity contribution in [3.8, 4) is 11.4 Å². The van der Waals surface area contributed by atoms with Crippen LogP contribution < -0.4 is 10.4 Å². The van der Waals surface area contributed by atoms with Gasteiger partial charge in [-0.05, 0) is 39.2 Å². The number of hydrogen-bond donors (Lipinski definition) is 1. The summed E-state index contributed by atoms with van der Waals surface area (Å²) in [6.07, 6.45) is -5.15. The molecular formula is C22H31F4N3O6. The van der Waals surface area contributed by atoms with Crippen LogP contribution in [0.5, 0.6) is 5.75 Å². The summed E-state index contributed by atoms with van der Waals surface area (Å²) in [6, 6.07) is 1.20. The molecule has 0 saturated carbocycles. The van der Waals surface area contributed by atoms with Crippen molar-refractivity contribution in [1.82, 2.24) is 14.3 Å². The zero-order chi connectivity index (χ0) is 24.3. The Labute approximate surface area is 200 Å². The van der Waals surface area contributed by atoms with E-state index in [0.29, 0.717) is 36.8 Å². The van der Waals surface area contributed by atoms with E-state index in [1.807, 2.05) is 0 Å². The van der Waals surface area contributed by atoms with E-state index in [-0.39, 0.29) is 33.8 Å². The van der Waals surface area contributed by atoms with E-state index in [1.165, 1.54) is 4.57 Å². The van der Waals surface area contributed by atoms with Gasteiger partial charge in [0.15, 0.2) is 18.2 Å². The summed E-state index contributed by atoms with van der Waals surface area (Å²) in [5.41, 5.74) is -2.16. The zero-order valence-corrected chi connectivity index (χ0v) is 17.9. The number of alkyl halides is 3. The number of nitrogens with zero attached hydrogens (tertiary/aromatic N) is 3. The lowest BCUT2D eigenvalue weighted by molar-refractivity contribution is -0.189. The minimum Gasteiger partial charge on any atom is -0.480 e. The summed E-state index contributed by atoms with van der Waals surface area (Å²) < 4.78 is 71.2. The van der Waals surface area contributed by atoms with Crippen LogP contribution >= 0.6 is 0 Å². The second-order valence-corrected chi connectivity index (χ2v) is 7.37. The van der Waals surface area contributed by atoms with Crippen LogP contribution in [0.4, 0.5) is 17.6 Å². The van der Waals surface area contributed by atoms with Crippen LogP contribution in [-0.2, 0) is 22.6 Å². The van der Waals surface area contributed by atoms with Crippen LogP contribution in [-0.4, -0.2) is 50.6 Å². The molecule has 198 valence electrons. The third-order valence-corrected chi connectivity index (χ3v) is 5.06. The van der Waals surface area contributed by atoms with Crippen LogP contribution in [0.3, 0.4) is 0 Å². The number of aromatic carboxylic acids is 1. The predicted molar refractivity (Wildman–Crippen MR) is 118 cm³/mol. The van der Waals surface area contributed by atoms with E-state index < -0.39 is 53.0 Å². The number of carboxylic acid groups (broad SMARTS) is 1. The van der Waals surface area contributed by atoms with E-state index in [0.717, 1.165) is 12.8 Å². The summed E-state index contributed by atoms with van der Waals surface area (Å²) in [7, 11) is 0. The first-order valence-corrected chi connectivity index (χ1v) is 10.3. The number of rotatable bonds is 8. The van der Waals surface area contributed by atoms with Crippen molar-refractivity contribution in [2.45, 2.75) is 79.7 Å². The SMILES string of the molecule is C.C.CCn1c(COC2CCCCO2)nn(-c2cc(O[C@@H](C)C(F)(F)F)c(C(=O)O)cc2F)c1=O. The molecule has 1 fully saturated rings. The highest BCUT2D eigenvalue weighted by Gasteiger charge is 2.39. The lowest BCUT2D eigenvalue weighted by atomic mass is 10.1. The highest BCUT2D eigenvalue weighted by Crippen LogP contribution is 2.30. The van der Waals surface area contributed by atoms with Crippen LogP contribution in [0.15, 0.2) is 16.9 Å². The number of carbonyl (C=O) groups is 1. The zero-order valence-electron chi connectivity index (χ0n) is 17.9. The smallest absolute Gasteiger partial charge is 0.425 e. The van der Waals surface area contributed by atoms with Gasteiger partial charge in [-0.25, -0.2) is 14.0 Å². The van der Waals surface area contributed by atoms with Crippen LogP contribution in [0, 0.1) is 5.82 Å². The second-order valence-electron chi connectivity index (χ2n) is 7.37. The first kappa shape index (κ1) is 30.1. The average Bonchev–Trinajstić information content (AvgIpc) is 3.08. The van der Waals surface area contributed by atoms with Crippen molar-refractivity contribution in [2.75, 3.05) is 6.61 Å². The van der Waals surface area contributed by atoms with E-state index in [2.05, 4.69) is 5.10 Å². The molecule has 2 atom stereocenters. The maximum Gasteiger partial charge on any atom is 0.425 e.